The highest BCUT2D eigenvalue weighted by molar-refractivity contribution is 7.89. The zero-order valence-electron chi connectivity index (χ0n) is 16.1. The molecule has 7 heteroatoms. The number of nitrogens with one attached hydrogen (secondary N) is 1. The van der Waals surface area contributed by atoms with Crippen molar-refractivity contribution in [3.63, 3.8) is 0 Å². The topological polar surface area (TPSA) is 66.5 Å². The van der Waals surface area contributed by atoms with E-state index in [0.29, 0.717) is 24.2 Å². The van der Waals surface area contributed by atoms with Gasteiger partial charge in [0.2, 0.25) is 10.0 Å². The van der Waals surface area contributed by atoms with Crippen LogP contribution in [0.15, 0.2) is 47.4 Å². The second-order valence-electron chi connectivity index (χ2n) is 7.19. The summed E-state index contributed by atoms with van der Waals surface area (Å²) in [6, 6.07) is 10.2. The van der Waals surface area contributed by atoms with Gasteiger partial charge in [0.25, 0.3) is 5.91 Å². The van der Waals surface area contributed by atoms with Gasteiger partial charge in [-0.15, -0.1) is 0 Å². The summed E-state index contributed by atoms with van der Waals surface area (Å²) >= 11 is 0. The average Bonchev–Trinajstić information content (AvgIpc) is 2.69. The van der Waals surface area contributed by atoms with Gasteiger partial charge in [-0.3, -0.25) is 4.79 Å². The zero-order chi connectivity index (χ0) is 20.3. The van der Waals surface area contributed by atoms with Crippen molar-refractivity contribution in [2.45, 2.75) is 44.0 Å². The molecule has 0 saturated carbocycles. The number of rotatable bonds is 5. The van der Waals surface area contributed by atoms with Gasteiger partial charge in [-0.1, -0.05) is 24.6 Å². The fourth-order valence-electron chi connectivity index (χ4n) is 3.37. The first-order valence-corrected chi connectivity index (χ1v) is 10.9. The molecule has 1 heterocycles. The minimum absolute atomic E-state index is 0.139. The molecule has 2 aromatic rings. The standard InChI is InChI=1S/C21H25FN2O3S/c1-15-6-11-19(28(26,27)24-12-4-3-5-13-24)14-20(15)21(25)23-16(2)17-7-9-18(22)10-8-17/h6-11,14,16H,3-5,12-13H2,1-2H3,(H,23,25)/t16-/m0/s1. The Hall–Kier alpha value is -2.25. The van der Waals surface area contributed by atoms with Crippen LogP contribution in [0.2, 0.25) is 0 Å². The summed E-state index contributed by atoms with van der Waals surface area (Å²) in [5.41, 5.74) is 1.79. The van der Waals surface area contributed by atoms with E-state index in [1.807, 2.05) is 0 Å². The first-order valence-electron chi connectivity index (χ1n) is 9.46. The van der Waals surface area contributed by atoms with Gasteiger partial charge in [-0.2, -0.15) is 4.31 Å². The van der Waals surface area contributed by atoms with Gasteiger partial charge in [0.05, 0.1) is 10.9 Å². The molecule has 0 radical (unpaired) electrons. The van der Waals surface area contributed by atoms with Gasteiger partial charge >= 0.3 is 0 Å². The second-order valence-corrected chi connectivity index (χ2v) is 9.13. The molecule has 0 bridgehead atoms. The van der Waals surface area contributed by atoms with Gasteiger partial charge in [0.1, 0.15) is 5.82 Å². The summed E-state index contributed by atoms with van der Waals surface area (Å²) in [6.07, 6.45) is 2.75. The number of sulfonamides is 1. The van der Waals surface area contributed by atoms with E-state index in [9.17, 15) is 17.6 Å². The average molecular weight is 405 g/mol. The van der Waals surface area contributed by atoms with Crippen molar-refractivity contribution in [3.8, 4) is 0 Å². The number of halogens is 1. The number of hydrogen-bond acceptors (Lipinski definition) is 3. The summed E-state index contributed by atoms with van der Waals surface area (Å²) in [4.78, 5) is 12.9. The Morgan fingerprint density at radius 3 is 2.36 bits per heavy atom. The Morgan fingerprint density at radius 2 is 1.71 bits per heavy atom. The highest BCUT2D eigenvalue weighted by Gasteiger charge is 2.27. The van der Waals surface area contributed by atoms with Crippen molar-refractivity contribution >= 4 is 15.9 Å². The van der Waals surface area contributed by atoms with Crippen molar-refractivity contribution in [1.82, 2.24) is 9.62 Å². The number of hydrogen-bond donors (Lipinski definition) is 1. The van der Waals surface area contributed by atoms with Crippen molar-refractivity contribution in [1.29, 1.82) is 0 Å². The van der Waals surface area contributed by atoms with E-state index < -0.39 is 10.0 Å². The van der Waals surface area contributed by atoms with Crippen LogP contribution < -0.4 is 5.32 Å². The Bertz CT molecular complexity index is 952. The molecule has 0 aliphatic carbocycles. The minimum Gasteiger partial charge on any atom is -0.346 e. The number of piperidine rings is 1. The lowest BCUT2D eigenvalue weighted by Gasteiger charge is -2.26. The molecule has 1 amide bonds. The first kappa shape index (κ1) is 20.5. The van der Waals surface area contributed by atoms with Crippen molar-refractivity contribution in [2.75, 3.05) is 13.1 Å². The molecule has 150 valence electrons. The number of amides is 1. The smallest absolute Gasteiger partial charge is 0.252 e. The fraction of sp³-hybridized carbons (Fsp3) is 0.381. The Labute approximate surface area is 165 Å². The third-order valence-corrected chi connectivity index (χ3v) is 7.02. The number of aryl methyl sites for hydroxylation is 1. The third kappa shape index (κ3) is 4.42. The van der Waals surface area contributed by atoms with E-state index in [1.54, 1.807) is 38.1 Å². The molecular weight excluding hydrogens is 379 g/mol. The van der Waals surface area contributed by atoms with E-state index in [2.05, 4.69) is 5.32 Å². The summed E-state index contributed by atoms with van der Waals surface area (Å²) < 4.78 is 40.4. The summed E-state index contributed by atoms with van der Waals surface area (Å²) in [5.74, 6) is -0.696. The number of benzene rings is 2. The summed E-state index contributed by atoms with van der Waals surface area (Å²) in [7, 11) is -3.61. The Morgan fingerprint density at radius 1 is 1.07 bits per heavy atom. The van der Waals surface area contributed by atoms with Crippen LogP contribution in [0, 0.1) is 12.7 Å². The molecule has 2 aromatic carbocycles. The first-order chi connectivity index (χ1) is 13.3. The number of carbonyl (C=O) groups is 1. The van der Waals surface area contributed by atoms with Crippen LogP contribution in [0.4, 0.5) is 4.39 Å². The maximum absolute atomic E-state index is 13.1. The van der Waals surface area contributed by atoms with E-state index in [0.717, 1.165) is 24.8 Å². The van der Waals surface area contributed by atoms with Gasteiger partial charge in [0, 0.05) is 18.7 Å². The molecule has 0 spiro atoms. The van der Waals surface area contributed by atoms with Crippen molar-refractivity contribution in [2.24, 2.45) is 0 Å². The number of nitrogens with zero attached hydrogens (tertiary/aromatic N) is 1. The van der Waals surface area contributed by atoms with Gasteiger partial charge in [0.15, 0.2) is 0 Å². The third-order valence-electron chi connectivity index (χ3n) is 5.12. The Balaban J connectivity index is 1.82. The zero-order valence-corrected chi connectivity index (χ0v) is 16.9. The molecule has 28 heavy (non-hydrogen) atoms. The summed E-state index contributed by atoms with van der Waals surface area (Å²) in [5, 5.41) is 2.86. The fourth-order valence-corrected chi connectivity index (χ4v) is 4.91. The molecule has 5 nitrogen and oxygen atoms in total. The van der Waals surface area contributed by atoms with Crippen LogP contribution in [0.3, 0.4) is 0 Å². The van der Waals surface area contributed by atoms with Crippen LogP contribution in [0.25, 0.3) is 0 Å². The van der Waals surface area contributed by atoms with E-state index in [-0.39, 0.29) is 22.7 Å². The maximum atomic E-state index is 13.1. The Kier molecular flexibility index (Phi) is 6.15. The van der Waals surface area contributed by atoms with Crippen molar-refractivity contribution < 1.29 is 17.6 Å². The van der Waals surface area contributed by atoms with E-state index >= 15 is 0 Å². The van der Waals surface area contributed by atoms with Crippen LogP contribution >= 0.6 is 0 Å². The SMILES string of the molecule is Cc1ccc(S(=O)(=O)N2CCCCC2)cc1C(=O)N[C@@H](C)c1ccc(F)cc1. The van der Waals surface area contributed by atoms with Gasteiger partial charge in [-0.25, -0.2) is 12.8 Å². The minimum atomic E-state index is -3.61. The van der Waals surface area contributed by atoms with Crippen molar-refractivity contribution in [3.05, 3.63) is 65.0 Å². The molecule has 1 saturated heterocycles. The predicted molar refractivity (Wildman–Crippen MR) is 106 cm³/mol. The van der Waals surface area contributed by atoms with Gasteiger partial charge < -0.3 is 5.32 Å². The number of carbonyl (C=O) groups excluding carboxylic acids is 1. The molecule has 0 unspecified atom stereocenters. The maximum Gasteiger partial charge on any atom is 0.252 e. The lowest BCUT2D eigenvalue weighted by molar-refractivity contribution is 0.0939. The lowest BCUT2D eigenvalue weighted by Crippen LogP contribution is -2.35. The van der Waals surface area contributed by atoms with Crippen LogP contribution in [0.5, 0.6) is 0 Å². The van der Waals surface area contributed by atoms with Crippen LogP contribution in [-0.4, -0.2) is 31.7 Å². The van der Waals surface area contributed by atoms with E-state index in [4.69, 9.17) is 0 Å². The highest BCUT2D eigenvalue weighted by Crippen LogP contribution is 2.23. The van der Waals surface area contributed by atoms with Gasteiger partial charge in [-0.05, 0) is 62.1 Å². The molecular formula is C21H25FN2O3S. The normalized spacial score (nSPS) is 16.5. The molecule has 1 N–H and O–H groups in total. The molecule has 1 atom stereocenters. The molecule has 1 fully saturated rings. The summed E-state index contributed by atoms with van der Waals surface area (Å²) in [6.45, 7) is 4.60. The second kappa shape index (κ2) is 8.41. The molecule has 1 aliphatic heterocycles. The van der Waals surface area contributed by atoms with E-state index in [1.165, 1.54) is 22.5 Å². The highest BCUT2D eigenvalue weighted by atomic mass is 32.2. The van der Waals surface area contributed by atoms with Crippen LogP contribution in [0.1, 0.15) is 53.7 Å². The predicted octanol–water partition coefficient (Wildman–Crippen LogP) is 3.80. The molecule has 1 aliphatic rings. The largest absolute Gasteiger partial charge is 0.346 e. The monoisotopic (exact) mass is 404 g/mol. The molecule has 0 aromatic heterocycles. The van der Waals surface area contributed by atoms with Crippen LogP contribution in [-0.2, 0) is 10.0 Å². The lowest BCUT2D eigenvalue weighted by atomic mass is 10.1. The quantitative estimate of drug-likeness (QED) is 0.824. The molecule has 3 rings (SSSR count).